The molecule has 1 N–H and O–H groups in total. The molecule has 0 aliphatic carbocycles. The van der Waals surface area contributed by atoms with Crippen molar-refractivity contribution in [3.05, 3.63) is 110 Å². The molecule has 0 unspecified atom stereocenters. The first-order valence-corrected chi connectivity index (χ1v) is 11.1. The molecule has 3 aromatic carbocycles. The SMILES string of the molecule is O=c1oc2c(c(O)c1Sc1ccc(Cl)cc1)c(=O)n(Cc1ccccc1F)c1ccccc21. The van der Waals surface area contributed by atoms with E-state index >= 15 is 0 Å². The highest BCUT2D eigenvalue weighted by molar-refractivity contribution is 7.99. The van der Waals surface area contributed by atoms with Gasteiger partial charge >= 0.3 is 5.63 Å². The minimum Gasteiger partial charge on any atom is -0.505 e. The van der Waals surface area contributed by atoms with E-state index in [1.165, 1.54) is 10.6 Å². The molecule has 8 heteroatoms. The lowest BCUT2D eigenvalue weighted by Gasteiger charge is -2.14. The largest absolute Gasteiger partial charge is 0.505 e. The van der Waals surface area contributed by atoms with Gasteiger partial charge in [-0.05, 0) is 42.5 Å². The fraction of sp³-hybridized carbons (Fsp3) is 0.0400. The Kier molecular flexibility index (Phi) is 5.44. The first-order chi connectivity index (χ1) is 15.9. The summed E-state index contributed by atoms with van der Waals surface area (Å²) in [5.41, 5.74) is -0.596. The Morgan fingerprint density at radius 1 is 0.970 bits per heavy atom. The quantitative estimate of drug-likeness (QED) is 0.329. The maximum Gasteiger partial charge on any atom is 0.354 e. The monoisotopic (exact) mass is 479 g/mol. The number of nitrogens with zero attached hydrogens (tertiary/aromatic N) is 1. The summed E-state index contributed by atoms with van der Waals surface area (Å²) in [5, 5.41) is 11.9. The van der Waals surface area contributed by atoms with E-state index in [0.717, 1.165) is 11.8 Å². The van der Waals surface area contributed by atoms with Crippen LogP contribution in [0.25, 0.3) is 21.9 Å². The molecule has 0 spiro atoms. The van der Waals surface area contributed by atoms with E-state index in [9.17, 15) is 19.1 Å². The summed E-state index contributed by atoms with van der Waals surface area (Å²) >= 11 is 6.88. The van der Waals surface area contributed by atoms with Crippen molar-refractivity contribution < 1.29 is 13.9 Å². The van der Waals surface area contributed by atoms with E-state index in [1.54, 1.807) is 66.7 Å². The molecule has 0 bridgehead atoms. The van der Waals surface area contributed by atoms with Crippen LogP contribution in [0.4, 0.5) is 4.39 Å². The number of hydrogen-bond acceptors (Lipinski definition) is 5. The van der Waals surface area contributed by atoms with Crippen molar-refractivity contribution in [2.75, 3.05) is 0 Å². The third-order valence-electron chi connectivity index (χ3n) is 5.28. The minimum absolute atomic E-state index is 0.0108. The molecule has 0 aliphatic rings. The summed E-state index contributed by atoms with van der Waals surface area (Å²) in [6.07, 6.45) is 0. The van der Waals surface area contributed by atoms with Crippen molar-refractivity contribution in [2.24, 2.45) is 0 Å². The highest BCUT2D eigenvalue weighted by Gasteiger charge is 2.22. The van der Waals surface area contributed by atoms with Gasteiger partial charge in [-0.15, -0.1) is 0 Å². The molecule has 0 saturated heterocycles. The molecule has 0 atom stereocenters. The number of aromatic hydroxyl groups is 1. The lowest BCUT2D eigenvalue weighted by molar-refractivity contribution is 0.446. The van der Waals surface area contributed by atoms with Gasteiger partial charge in [-0.2, -0.15) is 0 Å². The van der Waals surface area contributed by atoms with E-state index in [0.29, 0.717) is 26.4 Å². The normalized spacial score (nSPS) is 11.3. The van der Waals surface area contributed by atoms with Crippen molar-refractivity contribution in [2.45, 2.75) is 16.3 Å². The second-order valence-corrected chi connectivity index (χ2v) is 8.85. The van der Waals surface area contributed by atoms with Crippen molar-refractivity contribution in [1.82, 2.24) is 4.57 Å². The highest BCUT2D eigenvalue weighted by atomic mass is 35.5. The fourth-order valence-corrected chi connectivity index (χ4v) is 4.66. The number of para-hydroxylation sites is 1. The van der Waals surface area contributed by atoms with Gasteiger partial charge in [0.25, 0.3) is 5.56 Å². The van der Waals surface area contributed by atoms with Gasteiger partial charge in [0.1, 0.15) is 16.1 Å². The zero-order valence-electron chi connectivity index (χ0n) is 16.9. The molecule has 0 fully saturated rings. The number of hydrogen-bond donors (Lipinski definition) is 1. The Hall–Kier alpha value is -3.55. The lowest BCUT2D eigenvalue weighted by atomic mass is 10.1. The summed E-state index contributed by atoms with van der Waals surface area (Å²) < 4.78 is 21.3. The molecule has 5 rings (SSSR count). The molecular formula is C25H15ClFNO4S. The van der Waals surface area contributed by atoms with Crippen LogP contribution in [0.5, 0.6) is 5.75 Å². The van der Waals surface area contributed by atoms with Crippen LogP contribution in [-0.4, -0.2) is 9.67 Å². The summed E-state index contributed by atoms with van der Waals surface area (Å²) in [7, 11) is 0. The highest BCUT2D eigenvalue weighted by Crippen LogP contribution is 2.37. The number of fused-ring (bicyclic) bond motifs is 3. The van der Waals surface area contributed by atoms with Crippen LogP contribution in [0, 0.1) is 5.82 Å². The molecule has 0 radical (unpaired) electrons. The third-order valence-corrected chi connectivity index (χ3v) is 6.60. The van der Waals surface area contributed by atoms with E-state index in [1.807, 2.05) is 0 Å². The predicted octanol–water partition coefficient (Wildman–Crippen LogP) is 5.81. The molecule has 164 valence electrons. The van der Waals surface area contributed by atoms with Crippen molar-refractivity contribution >= 4 is 45.2 Å². The maximum absolute atomic E-state index is 14.4. The van der Waals surface area contributed by atoms with Crippen molar-refractivity contribution in [3.63, 3.8) is 0 Å². The summed E-state index contributed by atoms with van der Waals surface area (Å²) in [6, 6.07) is 19.7. The number of halogens is 2. The number of benzene rings is 3. The van der Waals surface area contributed by atoms with Gasteiger partial charge in [-0.3, -0.25) is 4.79 Å². The minimum atomic E-state index is -0.767. The molecular weight excluding hydrogens is 465 g/mol. The van der Waals surface area contributed by atoms with Gasteiger partial charge in [0.15, 0.2) is 11.3 Å². The molecule has 0 amide bonds. The number of rotatable bonds is 4. The molecule has 5 nitrogen and oxygen atoms in total. The van der Waals surface area contributed by atoms with E-state index < -0.39 is 22.8 Å². The van der Waals surface area contributed by atoms with Gasteiger partial charge in [0, 0.05) is 20.9 Å². The fourth-order valence-electron chi connectivity index (χ4n) is 3.71. The predicted molar refractivity (Wildman–Crippen MR) is 127 cm³/mol. The van der Waals surface area contributed by atoms with E-state index in [-0.39, 0.29) is 22.4 Å². The summed E-state index contributed by atoms with van der Waals surface area (Å²) in [4.78, 5) is 26.8. The summed E-state index contributed by atoms with van der Waals surface area (Å²) in [6.45, 7) is -0.0554. The molecule has 33 heavy (non-hydrogen) atoms. The van der Waals surface area contributed by atoms with Crippen LogP contribution >= 0.6 is 23.4 Å². The Labute approximate surface area is 195 Å². The maximum atomic E-state index is 14.4. The Balaban J connectivity index is 1.78. The van der Waals surface area contributed by atoms with Gasteiger partial charge in [0.05, 0.1) is 12.1 Å². The van der Waals surface area contributed by atoms with Crippen LogP contribution in [0.15, 0.2) is 96.6 Å². The Bertz CT molecular complexity index is 1640. The topological polar surface area (TPSA) is 72.4 Å². The molecule has 2 heterocycles. The second-order valence-electron chi connectivity index (χ2n) is 7.33. The number of pyridine rings is 1. The molecule has 5 aromatic rings. The Morgan fingerprint density at radius 3 is 2.42 bits per heavy atom. The van der Waals surface area contributed by atoms with Crippen LogP contribution in [-0.2, 0) is 6.54 Å². The zero-order chi connectivity index (χ0) is 23.1. The first-order valence-electron chi connectivity index (χ1n) is 9.92. The van der Waals surface area contributed by atoms with Gasteiger partial charge in [-0.25, -0.2) is 9.18 Å². The van der Waals surface area contributed by atoms with Crippen LogP contribution < -0.4 is 11.2 Å². The smallest absolute Gasteiger partial charge is 0.354 e. The molecule has 0 saturated carbocycles. The average Bonchev–Trinajstić information content (AvgIpc) is 2.81. The van der Waals surface area contributed by atoms with Gasteiger partial charge in [0.2, 0.25) is 0 Å². The zero-order valence-corrected chi connectivity index (χ0v) is 18.5. The lowest BCUT2D eigenvalue weighted by Crippen LogP contribution is -2.23. The summed E-state index contributed by atoms with van der Waals surface area (Å²) in [5.74, 6) is -0.921. The Morgan fingerprint density at radius 2 is 1.67 bits per heavy atom. The number of aromatic nitrogens is 1. The molecule has 2 aromatic heterocycles. The second kappa shape index (κ2) is 8.42. The standard InChI is InChI=1S/C25H15ClFNO4S/c26-15-9-11-16(12-10-15)33-23-21(29)20-22(32-25(23)31)17-6-2-4-8-19(17)28(24(20)30)13-14-5-1-3-7-18(14)27/h1-12,29H,13H2. The van der Waals surface area contributed by atoms with Gasteiger partial charge < -0.3 is 14.1 Å². The van der Waals surface area contributed by atoms with Crippen LogP contribution in [0.3, 0.4) is 0 Å². The van der Waals surface area contributed by atoms with E-state index in [4.69, 9.17) is 16.0 Å². The molecule has 0 aliphatic heterocycles. The van der Waals surface area contributed by atoms with Crippen LogP contribution in [0.1, 0.15) is 5.56 Å². The van der Waals surface area contributed by atoms with Crippen LogP contribution in [0.2, 0.25) is 5.02 Å². The first kappa shape index (κ1) is 21.3. The van der Waals surface area contributed by atoms with Gasteiger partial charge in [-0.1, -0.05) is 53.7 Å². The average molecular weight is 480 g/mol. The third kappa shape index (κ3) is 3.79. The van der Waals surface area contributed by atoms with Crippen molar-refractivity contribution in [3.8, 4) is 5.75 Å². The van der Waals surface area contributed by atoms with Crippen molar-refractivity contribution in [1.29, 1.82) is 0 Å². The van der Waals surface area contributed by atoms with E-state index in [2.05, 4.69) is 0 Å².